The largest absolute Gasteiger partial charge is 0.458 e. The Bertz CT molecular complexity index is 1400. The summed E-state index contributed by atoms with van der Waals surface area (Å²) < 4.78 is 6.78. The van der Waals surface area contributed by atoms with Gasteiger partial charge in [0.15, 0.2) is 5.60 Å². The third-order valence-corrected chi connectivity index (χ3v) is 6.90. The average molecular weight is 447 g/mol. The zero-order valence-electron chi connectivity index (χ0n) is 19.0. The molecule has 0 spiro atoms. The first kappa shape index (κ1) is 21.5. The number of ketones is 1. The smallest absolute Gasteiger partial charge is 0.343 e. The maximum Gasteiger partial charge on any atom is 0.343 e. The van der Waals surface area contributed by atoms with Crippen LogP contribution in [0.25, 0.3) is 22.3 Å². The highest BCUT2D eigenvalue weighted by Gasteiger charge is 2.45. The molecule has 7 nitrogen and oxygen atoms in total. The van der Waals surface area contributed by atoms with Gasteiger partial charge in [-0.05, 0) is 55.5 Å². The average Bonchev–Trinajstić information content (AvgIpc) is 3.16. The van der Waals surface area contributed by atoms with Crippen LogP contribution in [0.3, 0.4) is 0 Å². The van der Waals surface area contributed by atoms with Crippen molar-refractivity contribution in [3.05, 3.63) is 62.4 Å². The second kappa shape index (κ2) is 7.63. The van der Waals surface area contributed by atoms with Gasteiger partial charge in [-0.25, -0.2) is 9.78 Å². The first-order valence-electron chi connectivity index (χ1n) is 11.4. The molecule has 4 heterocycles. The lowest BCUT2D eigenvalue weighted by molar-refractivity contribution is -0.172. The number of hydrogen-bond acceptors (Lipinski definition) is 6. The van der Waals surface area contributed by atoms with Gasteiger partial charge < -0.3 is 19.2 Å². The number of carbonyl (C=O) groups is 2. The minimum atomic E-state index is -1.83. The molecule has 0 aliphatic carbocycles. The molecular formula is C26H26N2O5. The number of aliphatic hydroxyl groups is 1. The number of ether oxygens (including phenoxy) is 1. The highest BCUT2D eigenvalue weighted by Crippen LogP contribution is 2.39. The molecule has 7 heteroatoms. The molecule has 0 amide bonds. The molecule has 2 aliphatic rings. The number of aryl methyl sites for hydroxylation is 2. The van der Waals surface area contributed by atoms with Crippen LogP contribution in [-0.4, -0.2) is 26.4 Å². The number of pyridine rings is 2. The molecule has 33 heavy (non-hydrogen) atoms. The number of carbonyl (C=O) groups excluding carboxylic acids is 2. The number of esters is 1. The lowest BCUT2D eigenvalue weighted by atomic mass is 9.86. The second-order valence-corrected chi connectivity index (χ2v) is 8.98. The first-order chi connectivity index (χ1) is 15.8. The van der Waals surface area contributed by atoms with E-state index in [1.165, 1.54) is 0 Å². The van der Waals surface area contributed by atoms with E-state index in [0.29, 0.717) is 41.9 Å². The maximum absolute atomic E-state index is 13.3. The molecule has 0 radical (unpaired) electrons. The maximum atomic E-state index is 13.3. The molecule has 0 saturated carbocycles. The number of hydrogen-bond donors (Lipinski definition) is 1. The summed E-state index contributed by atoms with van der Waals surface area (Å²) in [4.78, 5) is 42.1. The van der Waals surface area contributed by atoms with Crippen LogP contribution in [0.1, 0.15) is 61.4 Å². The van der Waals surface area contributed by atoms with Gasteiger partial charge in [0.25, 0.3) is 5.56 Å². The van der Waals surface area contributed by atoms with Crippen molar-refractivity contribution in [2.24, 2.45) is 0 Å². The lowest BCUT2D eigenvalue weighted by Gasteiger charge is -2.31. The van der Waals surface area contributed by atoms with Crippen molar-refractivity contribution < 1.29 is 19.4 Å². The summed E-state index contributed by atoms with van der Waals surface area (Å²) in [6.45, 7) is 5.60. The highest BCUT2D eigenvalue weighted by atomic mass is 16.6. The van der Waals surface area contributed by atoms with Gasteiger partial charge in [-0.2, -0.15) is 0 Å². The van der Waals surface area contributed by atoms with Crippen molar-refractivity contribution in [3.8, 4) is 11.4 Å². The monoisotopic (exact) mass is 446 g/mol. The third-order valence-electron chi connectivity index (χ3n) is 6.90. The zero-order valence-corrected chi connectivity index (χ0v) is 19.0. The Balaban J connectivity index is 1.69. The number of rotatable bonds is 5. The molecule has 1 atom stereocenters. The zero-order chi connectivity index (χ0) is 23.5. The minimum Gasteiger partial charge on any atom is -0.458 e. The molecule has 0 fully saturated rings. The summed E-state index contributed by atoms with van der Waals surface area (Å²) >= 11 is 0. The fraction of sp³-hybridized carbons (Fsp3) is 0.385. The van der Waals surface area contributed by atoms with E-state index in [1.54, 1.807) is 24.5 Å². The van der Waals surface area contributed by atoms with Crippen molar-refractivity contribution in [1.82, 2.24) is 9.55 Å². The lowest BCUT2D eigenvalue weighted by Crippen LogP contribution is -2.44. The number of nitrogens with zero attached hydrogens (tertiary/aromatic N) is 2. The van der Waals surface area contributed by atoms with Crippen LogP contribution in [0, 0.1) is 0 Å². The Kier molecular flexibility index (Phi) is 4.97. The van der Waals surface area contributed by atoms with E-state index in [1.807, 2.05) is 0 Å². The Morgan fingerprint density at radius 2 is 2.00 bits per heavy atom. The normalized spacial score (nSPS) is 18.6. The number of Topliss-reactive ketones (excluding diaryl/α,β-unsaturated/α-hetero) is 1. The number of aromatic nitrogens is 2. The molecule has 2 aliphatic heterocycles. The van der Waals surface area contributed by atoms with E-state index in [4.69, 9.17) is 9.72 Å². The van der Waals surface area contributed by atoms with Gasteiger partial charge >= 0.3 is 5.97 Å². The van der Waals surface area contributed by atoms with E-state index in [2.05, 4.69) is 25.1 Å². The Hall–Kier alpha value is -3.32. The Morgan fingerprint density at radius 3 is 2.70 bits per heavy atom. The highest BCUT2D eigenvalue weighted by molar-refractivity contribution is 5.88. The summed E-state index contributed by atoms with van der Waals surface area (Å²) in [6, 6.07) is 7.97. The molecule has 2 aromatic heterocycles. The van der Waals surface area contributed by atoms with Crippen molar-refractivity contribution in [2.45, 2.75) is 65.2 Å². The molecule has 3 aromatic rings. The quantitative estimate of drug-likeness (QED) is 0.473. The van der Waals surface area contributed by atoms with E-state index in [0.717, 1.165) is 34.0 Å². The third kappa shape index (κ3) is 3.22. The van der Waals surface area contributed by atoms with Gasteiger partial charge in [-0.3, -0.25) is 4.79 Å². The van der Waals surface area contributed by atoms with Gasteiger partial charge in [-0.15, -0.1) is 0 Å². The van der Waals surface area contributed by atoms with Crippen LogP contribution in [-0.2, 0) is 45.9 Å². The standard InChI is InChI=1S/C26H26N2O5/c1-4-16-8-15(7-6-14(3)29)9-17-10-18-12-28-21(23(18)27-22(16)17)11-20-19(24(28)30)13-33-25(31)26(20,32)5-2/h8-11,32H,4-7,12-13H2,1-3H3/t26-/m0/s1. The van der Waals surface area contributed by atoms with Crippen molar-refractivity contribution in [3.63, 3.8) is 0 Å². The molecule has 0 unspecified atom stereocenters. The Morgan fingerprint density at radius 1 is 1.21 bits per heavy atom. The van der Waals surface area contributed by atoms with Gasteiger partial charge in [-0.1, -0.05) is 19.9 Å². The fourth-order valence-corrected chi connectivity index (χ4v) is 4.97. The van der Waals surface area contributed by atoms with Crippen LogP contribution in [0.15, 0.2) is 29.1 Å². The van der Waals surface area contributed by atoms with Gasteiger partial charge in [0.1, 0.15) is 12.4 Å². The van der Waals surface area contributed by atoms with E-state index < -0.39 is 11.6 Å². The van der Waals surface area contributed by atoms with Gasteiger partial charge in [0.05, 0.1) is 29.0 Å². The molecular weight excluding hydrogens is 420 g/mol. The molecule has 1 N–H and O–H groups in total. The van der Waals surface area contributed by atoms with E-state index >= 15 is 0 Å². The van der Waals surface area contributed by atoms with Crippen LogP contribution in [0.5, 0.6) is 0 Å². The number of fused-ring (bicyclic) bond motifs is 5. The Labute approximate surface area is 191 Å². The van der Waals surface area contributed by atoms with Crippen molar-refractivity contribution >= 4 is 22.7 Å². The van der Waals surface area contributed by atoms with Gasteiger partial charge in [0, 0.05) is 22.9 Å². The SMILES string of the molecule is CCc1cc(CCC(C)=O)cc2cc3c(nc12)-c1cc2c(c(=O)n1C3)COC(=O)[C@]2(O)CC. The number of cyclic esters (lactones) is 1. The van der Waals surface area contributed by atoms with Gasteiger partial charge in [0.2, 0.25) is 0 Å². The molecule has 0 bridgehead atoms. The molecule has 1 aromatic carbocycles. The van der Waals surface area contributed by atoms with Crippen molar-refractivity contribution in [1.29, 1.82) is 0 Å². The summed E-state index contributed by atoms with van der Waals surface area (Å²) in [7, 11) is 0. The predicted molar refractivity (Wildman–Crippen MR) is 123 cm³/mol. The second-order valence-electron chi connectivity index (χ2n) is 8.98. The molecule has 0 saturated heterocycles. The summed E-state index contributed by atoms with van der Waals surface area (Å²) in [5, 5.41) is 12.0. The topological polar surface area (TPSA) is 98.5 Å². The van der Waals surface area contributed by atoms with Crippen LogP contribution < -0.4 is 5.56 Å². The first-order valence-corrected chi connectivity index (χ1v) is 11.4. The molecule has 5 rings (SSSR count). The predicted octanol–water partition coefficient (Wildman–Crippen LogP) is 3.16. The minimum absolute atomic E-state index is 0.114. The van der Waals surface area contributed by atoms with Crippen LogP contribution in [0.2, 0.25) is 0 Å². The van der Waals surface area contributed by atoms with Crippen LogP contribution in [0.4, 0.5) is 0 Å². The van der Waals surface area contributed by atoms with Crippen LogP contribution >= 0.6 is 0 Å². The summed E-state index contributed by atoms with van der Waals surface area (Å²) in [5.74, 6) is -0.564. The van der Waals surface area contributed by atoms with Crippen molar-refractivity contribution in [2.75, 3.05) is 0 Å². The summed E-state index contributed by atoms with van der Waals surface area (Å²) in [6.07, 6.45) is 2.09. The number of benzene rings is 1. The van der Waals surface area contributed by atoms with E-state index in [9.17, 15) is 19.5 Å². The van der Waals surface area contributed by atoms with E-state index in [-0.39, 0.29) is 24.4 Å². The molecule has 170 valence electrons. The fourth-order valence-electron chi connectivity index (χ4n) is 4.97. The summed E-state index contributed by atoms with van der Waals surface area (Å²) in [5.41, 5.74) is 3.83.